The van der Waals surface area contributed by atoms with Crippen molar-refractivity contribution in [2.24, 2.45) is 0 Å². The lowest BCUT2D eigenvalue weighted by atomic mass is 10.2. The van der Waals surface area contributed by atoms with Gasteiger partial charge in [0.2, 0.25) is 0 Å². The molecule has 0 saturated carbocycles. The average molecular weight is 204 g/mol. The predicted molar refractivity (Wildman–Crippen MR) is 57.7 cm³/mol. The molecule has 0 bridgehead atoms. The van der Waals surface area contributed by atoms with Gasteiger partial charge >= 0.3 is 0 Å². The van der Waals surface area contributed by atoms with Crippen LogP contribution >= 0.6 is 0 Å². The Morgan fingerprint density at radius 1 is 1.13 bits per heavy atom. The van der Waals surface area contributed by atoms with Crippen molar-refractivity contribution in [3.63, 3.8) is 0 Å². The summed E-state index contributed by atoms with van der Waals surface area (Å²) < 4.78 is 4.74. The normalized spacial score (nSPS) is 16.4. The largest absolute Gasteiger partial charge is 0.397 e. The number of hydrogen-bond donors (Lipinski definition) is 1. The van der Waals surface area contributed by atoms with Crippen LogP contribution in [0.5, 0.6) is 0 Å². The minimum atomic E-state index is 0.620. The predicted octanol–water partition coefficient (Wildman–Crippen LogP) is 1.41. The molecule has 2 aromatic rings. The molecule has 0 amide bonds. The number of nitrogens with two attached hydrogens (primary N) is 1. The van der Waals surface area contributed by atoms with Crippen LogP contribution in [0.2, 0.25) is 0 Å². The number of fused-ring (bicyclic) bond motifs is 1. The van der Waals surface area contributed by atoms with E-state index >= 15 is 0 Å². The monoisotopic (exact) mass is 204 g/mol. The SMILES string of the molecule is Nc1ccc(N2CCCC2)c2nonc12. The van der Waals surface area contributed by atoms with Gasteiger partial charge in [-0.15, -0.1) is 0 Å². The van der Waals surface area contributed by atoms with Gasteiger partial charge in [0.15, 0.2) is 11.0 Å². The van der Waals surface area contributed by atoms with E-state index in [1.807, 2.05) is 12.1 Å². The van der Waals surface area contributed by atoms with Crippen molar-refractivity contribution in [2.45, 2.75) is 12.8 Å². The second kappa shape index (κ2) is 3.12. The van der Waals surface area contributed by atoms with Gasteiger partial charge < -0.3 is 10.6 Å². The smallest absolute Gasteiger partial charge is 0.160 e. The van der Waals surface area contributed by atoms with E-state index in [9.17, 15) is 0 Å². The number of aromatic nitrogens is 2. The van der Waals surface area contributed by atoms with Crippen molar-refractivity contribution in [1.82, 2.24) is 10.3 Å². The summed E-state index contributed by atoms with van der Waals surface area (Å²) >= 11 is 0. The Morgan fingerprint density at radius 3 is 2.67 bits per heavy atom. The molecule has 5 nitrogen and oxygen atoms in total. The van der Waals surface area contributed by atoms with Gasteiger partial charge in [0.1, 0.15) is 0 Å². The molecule has 1 aliphatic heterocycles. The maximum absolute atomic E-state index is 5.79. The zero-order valence-electron chi connectivity index (χ0n) is 8.31. The summed E-state index contributed by atoms with van der Waals surface area (Å²) in [5, 5.41) is 7.73. The fourth-order valence-corrected chi connectivity index (χ4v) is 2.09. The Labute approximate surface area is 86.8 Å². The highest BCUT2D eigenvalue weighted by atomic mass is 16.6. The first kappa shape index (κ1) is 8.52. The summed E-state index contributed by atoms with van der Waals surface area (Å²) in [6.07, 6.45) is 2.47. The first-order valence-electron chi connectivity index (χ1n) is 5.12. The number of anilines is 2. The molecule has 0 unspecified atom stereocenters. The van der Waals surface area contributed by atoms with Crippen LogP contribution in [0.3, 0.4) is 0 Å². The lowest BCUT2D eigenvalue weighted by molar-refractivity contribution is 0.315. The third-order valence-electron chi connectivity index (χ3n) is 2.87. The van der Waals surface area contributed by atoms with E-state index in [1.54, 1.807) is 0 Å². The third-order valence-corrected chi connectivity index (χ3v) is 2.87. The van der Waals surface area contributed by atoms with Crippen LogP contribution < -0.4 is 10.6 Å². The first-order valence-corrected chi connectivity index (χ1v) is 5.12. The highest BCUT2D eigenvalue weighted by Gasteiger charge is 2.18. The van der Waals surface area contributed by atoms with Crippen LogP contribution in [-0.2, 0) is 0 Å². The lowest BCUT2D eigenvalue weighted by Gasteiger charge is -2.17. The third kappa shape index (κ3) is 1.23. The topological polar surface area (TPSA) is 68.2 Å². The number of rotatable bonds is 1. The van der Waals surface area contributed by atoms with Gasteiger partial charge in [-0.1, -0.05) is 0 Å². The van der Waals surface area contributed by atoms with E-state index < -0.39 is 0 Å². The summed E-state index contributed by atoms with van der Waals surface area (Å²) in [6, 6.07) is 3.85. The zero-order valence-corrected chi connectivity index (χ0v) is 8.31. The van der Waals surface area contributed by atoms with Crippen molar-refractivity contribution < 1.29 is 4.63 Å². The van der Waals surface area contributed by atoms with E-state index in [-0.39, 0.29) is 0 Å². The van der Waals surface area contributed by atoms with Crippen LogP contribution in [0.4, 0.5) is 11.4 Å². The zero-order chi connectivity index (χ0) is 10.3. The van der Waals surface area contributed by atoms with Crippen LogP contribution in [0.15, 0.2) is 16.8 Å². The van der Waals surface area contributed by atoms with Crippen LogP contribution in [-0.4, -0.2) is 23.4 Å². The average Bonchev–Trinajstić information content (AvgIpc) is 2.88. The van der Waals surface area contributed by atoms with Gasteiger partial charge in [-0.3, -0.25) is 0 Å². The van der Waals surface area contributed by atoms with Crippen molar-refractivity contribution >= 4 is 22.4 Å². The van der Waals surface area contributed by atoms with Crippen LogP contribution in [0.1, 0.15) is 12.8 Å². The van der Waals surface area contributed by atoms with Crippen LogP contribution in [0.25, 0.3) is 11.0 Å². The van der Waals surface area contributed by atoms with E-state index in [0.29, 0.717) is 11.2 Å². The first-order chi connectivity index (χ1) is 7.36. The Balaban J connectivity index is 2.17. The number of nitrogen functional groups attached to an aromatic ring is 1. The fourth-order valence-electron chi connectivity index (χ4n) is 2.09. The Morgan fingerprint density at radius 2 is 1.87 bits per heavy atom. The molecule has 0 radical (unpaired) electrons. The second-order valence-corrected chi connectivity index (χ2v) is 3.83. The standard InChI is InChI=1S/C10H12N4O/c11-7-3-4-8(14-5-1-2-6-14)10-9(7)12-15-13-10/h3-4H,1-2,5-6,11H2. The number of hydrogen-bond acceptors (Lipinski definition) is 5. The molecule has 0 spiro atoms. The minimum Gasteiger partial charge on any atom is -0.397 e. The van der Waals surface area contributed by atoms with Gasteiger partial charge in [0.25, 0.3) is 0 Å². The summed E-state index contributed by atoms with van der Waals surface area (Å²) in [4.78, 5) is 2.30. The maximum atomic E-state index is 5.79. The van der Waals surface area contributed by atoms with Crippen molar-refractivity contribution in [3.8, 4) is 0 Å². The quantitative estimate of drug-likeness (QED) is 0.711. The van der Waals surface area contributed by atoms with Gasteiger partial charge in [0.05, 0.1) is 11.4 Å². The van der Waals surface area contributed by atoms with Gasteiger partial charge in [-0.25, -0.2) is 4.63 Å². The van der Waals surface area contributed by atoms with Gasteiger partial charge in [-0.2, -0.15) is 0 Å². The number of nitrogens with zero attached hydrogens (tertiary/aromatic N) is 3. The summed E-state index contributed by atoms with van der Waals surface area (Å²) in [5.74, 6) is 0. The molecular weight excluding hydrogens is 192 g/mol. The van der Waals surface area contributed by atoms with E-state index in [1.165, 1.54) is 12.8 Å². The minimum absolute atomic E-state index is 0.620. The molecule has 1 aromatic heterocycles. The van der Waals surface area contributed by atoms with Crippen LogP contribution in [0, 0.1) is 0 Å². The molecular formula is C10H12N4O. The highest BCUT2D eigenvalue weighted by Crippen LogP contribution is 2.30. The summed E-state index contributed by atoms with van der Waals surface area (Å²) in [5.41, 5.74) is 8.93. The molecule has 2 N–H and O–H groups in total. The molecule has 1 fully saturated rings. The lowest BCUT2D eigenvalue weighted by Crippen LogP contribution is -2.17. The van der Waals surface area contributed by atoms with E-state index in [4.69, 9.17) is 10.4 Å². The second-order valence-electron chi connectivity index (χ2n) is 3.83. The molecule has 1 aliphatic rings. The highest BCUT2D eigenvalue weighted by molar-refractivity contribution is 5.95. The Kier molecular flexibility index (Phi) is 1.77. The molecule has 78 valence electrons. The van der Waals surface area contributed by atoms with E-state index in [2.05, 4.69) is 15.2 Å². The Bertz CT molecular complexity index is 487. The Hall–Kier alpha value is -1.78. The number of benzene rings is 1. The fraction of sp³-hybridized carbons (Fsp3) is 0.400. The van der Waals surface area contributed by atoms with Crippen molar-refractivity contribution in [3.05, 3.63) is 12.1 Å². The van der Waals surface area contributed by atoms with E-state index in [0.717, 1.165) is 24.3 Å². The molecule has 5 heteroatoms. The molecule has 2 heterocycles. The van der Waals surface area contributed by atoms with Gasteiger partial charge in [-0.05, 0) is 35.3 Å². The molecule has 0 atom stereocenters. The molecule has 1 saturated heterocycles. The molecule has 0 aliphatic carbocycles. The summed E-state index contributed by atoms with van der Waals surface area (Å²) in [6.45, 7) is 2.15. The van der Waals surface area contributed by atoms with Gasteiger partial charge in [0, 0.05) is 13.1 Å². The summed E-state index contributed by atoms with van der Waals surface area (Å²) in [7, 11) is 0. The molecule has 15 heavy (non-hydrogen) atoms. The molecule has 1 aromatic carbocycles. The maximum Gasteiger partial charge on any atom is 0.160 e. The molecule has 3 rings (SSSR count). The van der Waals surface area contributed by atoms with Crippen molar-refractivity contribution in [2.75, 3.05) is 23.7 Å². The van der Waals surface area contributed by atoms with Crippen molar-refractivity contribution in [1.29, 1.82) is 0 Å².